The molecule has 0 aliphatic heterocycles. The van der Waals surface area contributed by atoms with Crippen molar-refractivity contribution in [1.29, 1.82) is 0 Å². The number of nitrogens with zero attached hydrogens (tertiary/aromatic N) is 1. The molecule has 1 aromatic carbocycles. The molecule has 0 saturated carbocycles. The van der Waals surface area contributed by atoms with Crippen LogP contribution in [0.4, 0.5) is 13.2 Å². The van der Waals surface area contributed by atoms with Crippen molar-refractivity contribution in [2.75, 3.05) is 0 Å². The quantitative estimate of drug-likeness (QED) is 0.592. The number of pyridine rings is 1. The summed E-state index contributed by atoms with van der Waals surface area (Å²) in [6, 6.07) is 9.70. The van der Waals surface area contributed by atoms with E-state index in [0.29, 0.717) is 5.69 Å². The lowest BCUT2D eigenvalue weighted by molar-refractivity contribution is -0.137. The Morgan fingerprint density at radius 2 is 1.81 bits per heavy atom. The summed E-state index contributed by atoms with van der Waals surface area (Å²) >= 11 is 0. The molecule has 2 aromatic rings. The minimum Gasteiger partial charge on any atom is -0.277 e. The van der Waals surface area contributed by atoms with Crippen LogP contribution in [0.2, 0.25) is 0 Å². The normalized spacial score (nSPS) is 10.7. The fourth-order valence-electron chi connectivity index (χ4n) is 1.70. The third-order valence-electron chi connectivity index (χ3n) is 2.66. The highest BCUT2D eigenvalue weighted by molar-refractivity contribution is 6.08. The standard InChI is InChI=1S/C16H10F3NO/c1-11-5-4-8-14(20-11)15(21)10-9-12-6-2-3-7-13(12)16(17,18)19/h2-8H,1H3. The molecule has 2 rings (SSSR count). The van der Waals surface area contributed by atoms with Crippen molar-refractivity contribution in [3.63, 3.8) is 0 Å². The summed E-state index contributed by atoms with van der Waals surface area (Å²) < 4.78 is 38.4. The summed E-state index contributed by atoms with van der Waals surface area (Å²) in [6.45, 7) is 1.71. The smallest absolute Gasteiger partial charge is 0.277 e. The molecule has 0 aliphatic carbocycles. The van der Waals surface area contributed by atoms with Crippen LogP contribution in [0.15, 0.2) is 42.5 Å². The molecule has 2 nitrogen and oxygen atoms in total. The van der Waals surface area contributed by atoms with Gasteiger partial charge in [-0.05, 0) is 37.1 Å². The Kier molecular flexibility index (Phi) is 4.08. The van der Waals surface area contributed by atoms with Crippen LogP contribution >= 0.6 is 0 Å². The molecule has 0 unspecified atom stereocenters. The zero-order valence-electron chi connectivity index (χ0n) is 11.0. The van der Waals surface area contributed by atoms with Crippen molar-refractivity contribution >= 4 is 5.78 Å². The summed E-state index contributed by atoms with van der Waals surface area (Å²) in [7, 11) is 0. The molecular formula is C16H10F3NO. The molecule has 0 spiro atoms. The Morgan fingerprint density at radius 3 is 2.48 bits per heavy atom. The van der Waals surface area contributed by atoms with Gasteiger partial charge in [0, 0.05) is 11.3 Å². The molecule has 1 aromatic heterocycles. The zero-order valence-corrected chi connectivity index (χ0v) is 11.0. The average Bonchev–Trinajstić information content (AvgIpc) is 2.44. The first-order valence-corrected chi connectivity index (χ1v) is 6.04. The van der Waals surface area contributed by atoms with Gasteiger partial charge >= 0.3 is 6.18 Å². The van der Waals surface area contributed by atoms with E-state index >= 15 is 0 Å². The first-order valence-electron chi connectivity index (χ1n) is 6.04. The van der Waals surface area contributed by atoms with E-state index in [2.05, 4.69) is 16.8 Å². The second-order valence-corrected chi connectivity index (χ2v) is 4.29. The molecule has 0 atom stereocenters. The number of ketones is 1. The van der Waals surface area contributed by atoms with Crippen LogP contribution in [0.3, 0.4) is 0 Å². The van der Waals surface area contributed by atoms with Gasteiger partial charge in [0.2, 0.25) is 0 Å². The maximum absolute atomic E-state index is 12.8. The molecule has 0 fully saturated rings. The maximum atomic E-state index is 12.8. The van der Waals surface area contributed by atoms with E-state index < -0.39 is 17.5 Å². The van der Waals surface area contributed by atoms with E-state index in [0.717, 1.165) is 6.07 Å². The van der Waals surface area contributed by atoms with Gasteiger partial charge in [-0.15, -0.1) is 0 Å². The van der Waals surface area contributed by atoms with Crippen LogP contribution in [0.5, 0.6) is 0 Å². The molecule has 0 N–H and O–H groups in total. The lowest BCUT2D eigenvalue weighted by atomic mass is 10.1. The first-order chi connectivity index (χ1) is 9.88. The molecule has 0 saturated heterocycles. The molecule has 0 bridgehead atoms. The molecule has 106 valence electrons. The number of benzene rings is 1. The summed E-state index contributed by atoms with van der Waals surface area (Å²) in [4.78, 5) is 15.8. The third-order valence-corrected chi connectivity index (χ3v) is 2.66. The SMILES string of the molecule is Cc1cccc(C(=O)C#Cc2ccccc2C(F)(F)F)n1. The van der Waals surface area contributed by atoms with Gasteiger partial charge in [0.25, 0.3) is 5.78 Å². The van der Waals surface area contributed by atoms with Gasteiger partial charge in [-0.1, -0.05) is 24.1 Å². The van der Waals surface area contributed by atoms with Crippen LogP contribution in [0, 0.1) is 18.8 Å². The van der Waals surface area contributed by atoms with Gasteiger partial charge in [-0.3, -0.25) is 4.79 Å². The second-order valence-electron chi connectivity index (χ2n) is 4.29. The summed E-state index contributed by atoms with van der Waals surface area (Å²) in [6.07, 6.45) is -4.50. The lowest BCUT2D eigenvalue weighted by Gasteiger charge is -2.07. The minimum atomic E-state index is -4.50. The number of hydrogen-bond acceptors (Lipinski definition) is 2. The number of aromatic nitrogens is 1. The highest BCUT2D eigenvalue weighted by Crippen LogP contribution is 2.31. The van der Waals surface area contributed by atoms with Gasteiger partial charge in [0.05, 0.1) is 5.56 Å². The second kappa shape index (κ2) is 5.80. The van der Waals surface area contributed by atoms with Gasteiger partial charge in [-0.2, -0.15) is 13.2 Å². The van der Waals surface area contributed by atoms with Crippen LogP contribution in [0.25, 0.3) is 0 Å². The van der Waals surface area contributed by atoms with E-state index in [9.17, 15) is 18.0 Å². The monoisotopic (exact) mass is 289 g/mol. The number of hydrogen-bond donors (Lipinski definition) is 0. The van der Waals surface area contributed by atoms with Gasteiger partial charge in [0.1, 0.15) is 5.69 Å². The number of rotatable bonds is 1. The van der Waals surface area contributed by atoms with Crippen LogP contribution in [-0.2, 0) is 6.18 Å². The van der Waals surface area contributed by atoms with Crippen molar-refractivity contribution in [3.05, 3.63) is 65.0 Å². The first kappa shape index (κ1) is 14.8. The van der Waals surface area contributed by atoms with Crippen molar-refractivity contribution in [3.8, 4) is 11.8 Å². The van der Waals surface area contributed by atoms with Crippen LogP contribution < -0.4 is 0 Å². The number of Topliss-reactive ketones (excluding diaryl/α,β-unsaturated/α-hetero) is 1. The van der Waals surface area contributed by atoms with Gasteiger partial charge < -0.3 is 0 Å². The molecule has 5 heteroatoms. The van der Waals surface area contributed by atoms with Crippen molar-refractivity contribution in [2.45, 2.75) is 13.1 Å². The molecular weight excluding hydrogens is 279 g/mol. The van der Waals surface area contributed by atoms with Crippen molar-refractivity contribution in [2.24, 2.45) is 0 Å². The number of carbonyl (C=O) groups excluding carboxylic acids is 1. The van der Waals surface area contributed by atoms with Crippen molar-refractivity contribution in [1.82, 2.24) is 4.98 Å². The lowest BCUT2D eigenvalue weighted by Crippen LogP contribution is -2.07. The number of carbonyl (C=O) groups is 1. The van der Waals surface area contributed by atoms with E-state index in [1.807, 2.05) is 0 Å². The molecule has 0 aliphatic rings. The van der Waals surface area contributed by atoms with Gasteiger partial charge in [0.15, 0.2) is 0 Å². The minimum absolute atomic E-state index is 0.118. The molecule has 21 heavy (non-hydrogen) atoms. The highest BCUT2D eigenvalue weighted by atomic mass is 19.4. The van der Waals surface area contributed by atoms with E-state index in [1.165, 1.54) is 24.3 Å². The Morgan fingerprint density at radius 1 is 1.10 bits per heavy atom. The van der Waals surface area contributed by atoms with E-state index in [-0.39, 0.29) is 11.3 Å². The fourth-order valence-corrected chi connectivity index (χ4v) is 1.70. The van der Waals surface area contributed by atoms with Crippen LogP contribution in [-0.4, -0.2) is 10.8 Å². The average molecular weight is 289 g/mol. The summed E-state index contributed by atoms with van der Waals surface area (Å²) in [5.74, 6) is 3.87. The molecule has 1 heterocycles. The predicted octanol–water partition coefficient (Wildman–Crippen LogP) is 3.64. The highest BCUT2D eigenvalue weighted by Gasteiger charge is 2.32. The van der Waals surface area contributed by atoms with Crippen molar-refractivity contribution < 1.29 is 18.0 Å². The largest absolute Gasteiger partial charge is 0.417 e. The molecule has 0 amide bonds. The molecule has 0 radical (unpaired) electrons. The Labute approximate surface area is 119 Å². The van der Waals surface area contributed by atoms with Crippen LogP contribution in [0.1, 0.15) is 27.3 Å². The number of aryl methyl sites for hydroxylation is 1. The van der Waals surface area contributed by atoms with E-state index in [1.54, 1.807) is 19.1 Å². The third kappa shape index (κ3) is 3.69. The summed E-state index contributed by atoms with van der Waals surface area (Å²) in [5, 5.41) is 0. The fraction of sp³-hybridized carbons (Fsp3) is 0.125. The number of halogens is 3. The predicted molar refractivity (Wildman–Crippen MR) is 71.6 cm³/mol. The van der Waals surface area contributed by atoms with E-state index in [4.69, 9.17) is 0 Å². The topological polar surface area (TPSA) is 30.0 Å². The number of alkyl halides is 3. The van der Waals surface area contributed by atoms with Gasteiger partial charge in [-0.25, -0.2) is 4.98 Å². The zero-order chi connectivity index (χ0) is 15.5. The summed E-state index contributed by atoms with van der Waals surface area (Å²) in [5.41, 5.74) is -0.334. The Hall–Kier alpha value is -2.61. The Balaban J connectivity index is 2.34. The maximum Gasteiger partial charge on any atom is 0.417 e. The Bertz CT molecular complexity index is 739.